The zero-order valence-electron chi connectivity index (χ0n) is 19.1. The molecule has 0 spiro atoms. The van der Waals surface area contributed by atoms with Crippen molar-refractivity contribution in [1.82, 2.24) is 4.90 Å². The molecule has 1 aliphatic rings. The first-order chi connectivity index (χ1) is 14.7. The number of benzene rings is 2. The van der Waals surface area contributed by atoms with Gasteiger partial charge in [0.15, 0.2) is 8.32 Å². The molecule has 8 heteroatoms. The fourth-order valence-electron chi connectivity index (χ4n) is 3.42. The van der Waals surface area contributed by atoms with Crippen LogP contribution in [0.25, 0.3) is 0 Å². The second kappa shape index (κ2) is 8.15. The van der Waals surface area contributed by atoms with E-state index in [1.807, 2.05) is 33.9 Å². The predicted octanol–water partition coefficient (Wildman–Crippen LogP) is 6.30. The number of fused-ring (bicyclic) bond motifs is 1. The first-order valence-corrected chi connectivity index (χ1v) is 13.4. The molecule has 0 N–H and O–H groups in total. The maximum atomic E-state index is 15.3. The third-order valence-corrected chi connectivity index (χ3v) is 11.0. The van der Waals surface area contributed by atoms with Gasteiger partial charge >= 0.3 is 0 Å². The molecular formula is C24H28F3NO3Si. The van der Waals surface area contributed by atoms with Gasteiger partial charge in [0.2, 0.25) is 0 Å². The molecule has 0 fully saturated rings. The van der Waals surface area contributed by atoms with Gasteiger partial charge in [-0.25, -0.2) is 4.39 Å². The van der Waals surface area contributed by atoms with Crippen molar-refractivity contribution in [2.24, 2.45) is 0 Å². The summed E-state index contributed by atoms with van der Waals surface area (Å²) in [6.45, 7) is 10.0. The van der Waals surface area contributed by atoms with E-state index in [4.69, 9.17) is 4.43 Å². The van der Waals surface area contributed by atoms with E-state index in [0.29, 0.717) is 0 Å². The van der Waals surface area contributed by atoms with Crippen molar-refractivity contribution in [2.75, 3.05) is 6.61 Å². The summed E-state index contributed by atoms with van der Waals surface area (Å²) < 4.78 is 51.1. The van der Waals surface area contributed by atoms with Crippen LogP contribution in [0.5, 0.6) is 0 Å². The van der Waals surface area contributed by atoms with Crippen molar-refractivity contribution < 1.29 is 27.2 Å². The van der Waals surface area contributed by atoms with Crippen LogP contribution in [0.2, 0.25) is 18.1 Å². The van der Waals surface area contributed by atoms with E-state index in [9.17, 15) is 9.59 Å². The van der Waals surface area contributed by atoms with Crippen LogP contribution < -0.4 is 0 Å². The molecule has 1 atom stereocenters. The van der Waals surface area contributed by atoms with Crippen LogP contribution in [0.3, 0.4) is 0 Å². The summed E-state index contributed by atoms with van der Waals surface area (Å²) in [5, 5.41) is -0.274. The van der Waals surface area contributed by atoms with Crippen LogP contribution >= 0.6 is 0 Å². The standard InChI is InChI=1S/C24H28F3NO3Si/c1-15(28-21(29)17-10-7-8-11-18(17)22(28)30)16-12-9-13-19(20(16)25)24(26,27)14-31-32(5,6)23(2,3)4/h7-13,15H,14H2,1-6H3. The van der Waals surface area contributed by atoms with Crippen LogP contribution in [-0.2, 0) is 10.3 Å². The predicted molar refractivity (Wildman–Crippen MR) is 119 cm³/mol. The van der Waals surface area contributed by atoms with E-state index in [0.717, 1.165) is 11.0 Å². The summed E-state index contributed by atoms with van der Waals surface area (Å²) in [7, 11) is -2.48. The highest BCUT2D eigenvalue weighted by Gasteiger charge is 2.44. The van der Waals surface area contributed by atoms with Crippen LogP contribution in [0, 0.1) is 5.82 Å². The number of carbonyl (C=O) groups excluding carboxylic acids is 2. The first-order valence-electron chi connectivity index (χ1n) is 10.5. The third-order valence-electron chi connectivity index (χ3n) is 6.51. The monoisotopic (exact) mass is 463 g/mol. The average Bonchev–Trinajstić information content (AvgIpc) is 2.96. The van der Waals surface area contributed by atoms with Gasteiger partial charge < -0.3 is 4.43 Å². The van der Waals surface area contributed by atoms with Gasteiger partial charge in [0, 0.05) is 5.56 Å². The lowest BCUT2D eigenvalue weighted by atomic mass is 9.99. The second-order valence-electron chi connectivity index (χ2n) is 9.66. The van der Waals surface area contributed by atoms with Crippen LogP contribution in [0.4, 0.5) is 13.2 Å². The van der Waals surface area contributed by atoms with Gasteiger partial charge in [-0.3, -0.25) is 14.5 Å². The molecule has 2 amide bonds. The van der Waals surface area contributed by atoms with Gasteiger partial charge in [-0.2, -0.15) is 8.78 Å². The second-order valence-corrected chi connectivity index (χ2v) is 14.5. The summed E-state index contributed by atoms with van der Waals surface area (Å²) in [5.41, 5.74) is -0.524. The molecule has 0 radical (unpaired) electrons. The molecule has 0 bridgehead atoms. The fourth-order valence-corrected chi connectivity index (χ4v) is 4.39. The normalized spacial score (nSPS) is 15.8. The zero-order valence-corrected chi connectivity index (χ0v) is 20.1. The number of hydrogen-bond donors (Lipinski definition) is 0. The Hall–Kier alpha value is -2.45. The molecule has 0 aromatic heterocycles. The van der Waals surface area contributed by atoms with E-state index in [-0.39, 0.29) is 21.7 Å². The van der Waals surface area contributed by atoms with E-state index in [1.165, 1.54) is 31.2 Å². The highest BCUT2D eigenvalue weighted by atomic mass is 28.4. The molecule has 0 saturated heterocycles. The summed E-state index contributed by atoms with van der Waals surface area (Å²) in [6.07, 6.45) is 0. The summed E-state index contributed by atoms with van der Waals surface area (Å²) in [4.78, 5) is 26.4. The molecule has 1 heterocycles. The number of alkyl halides is 2. The molecule has 3 rings (SSSR count). The Morgan fingerprint density at radius 2 is 1.50 bits per heavy atom. The lowest BCUT2D eigenvalue weighted by Gasteiger charge is -2.37. The lowest BCUT2D eigenvalue weighted by molar-refractivity contribution is -0.0537. The highest BCUT2D eigenvalue weighted by molar-refractivity contribution is 6.74. The molecule has 0 aliphatic carbocycles. The van der Waals surface area contributed by atoms with Crippen LogP contribution in [-0.4, -0.2) is 31.6 Å². The minimum absolute atomic E-state index is 0.149. The Kier molecular flexibility index (Phi) is 6.16. The van der Waals surface area contributed by atoms with Gasteiger partial charge in [-0.1, -0.05) is 45.0 Å². The number of nitrogens with zero attached hydrogens (tertiary/aromatic N) is 1. The maximum Gasteiger partial charge on any atom is 0.297 e. The van der Waals surface area contributed by atoms with Gasteiger partial charge in [-0.05, 0) is 43.3 Å². The maximum absolute atomic E-state index is 15.3. The van der Waals surface area contributed by atoms with Gasteiger partial charge in [0.05, 0.1) is 22.7 Å². The lowest BCUT2D eigenvalue weighted by Crippen LogP contribution is -2.43. The number of rotatable bonds is 6. The van der Waals surface area contributed by atoms with Crippen molar-refractivity contribution in [3.8, 4) is 0 Å². The summed E-state index contributed by atoms with van der Waals surface area (Å²) in [5.74, 6) is -5.86. The van der Waals surface area contributed by atoms with Crippen LogP contribution in [0.1, 0.15) is 65.6 Å². The fraction of sp³-hybridized carbons (Fsp3) is 0.417. The van der Waals surface area contributed by atoms with Crippen molar-refractivity contribution in [2.45, 2.75) is 57.8 Å². The molecule has 1 unspecified atom stereocenters. The van der Waals surface area contributed by atoms with Gasteiger partial charge in [0.25, 0.3) is 17.7 Å². The minimum atomic E-state index is -3.57. The Balaban J connectivity index is 1.90. The minimum Gasteiger partial charge on any atom is -0.410 e. The van der Waals surface area contributed by atoms with E-state index < -0.39 is 50.1 Å². The van der Waals surface area contributed by atoms with Crippen LogP contribution in [0.15, 0.2) is 42.5 Å². The average molecular weight is 464 g/mol. The quantitative estimate of drug-likeness (QED) is 0.373. The Bertz CT molecular complexity index is 1030. The highest BCUT2D eigenvalue weighted by Crippen LogP contribution is 2.40. The Morgan fingerprint density at radius 3 is 2.00 bits per heavy atom. The van der Waals surface area contributed by atoms with Gasteiger partial charge in [0.1, 0.15) is 12.4 Å². The number of halogens is 3. The van der Waals surface area contributed by atoms with Crippen molar-refractivity contribution >= 4 is 20.1 Å². The van der Waals surface area contributed by atoms with E-state index >= 15 is 13.2 Å². The van der Waals surface area contributed by atoms with Crippen molar-refractivity contribution in [1.29, 1.82) is 0 Å². The molecule has 4 nitrogen and oxygen atoms in total. The molecular weight excluding hydrogens is 435 g/mol. The van der Waals surface area contributed by atoms with Crippen molar-refractivity contribution in [3.63, 3.8) is 0 Å². The largest absolute Gasteiger partial charge is 0.410 e. The molecule has 172 valence electrons. The number of imide groups is 1. The van der Waals surface area contributed by atoms with E-state index in [1.54, 1.807) is 12.1 Å². The summed E-state index contributed by atoms with van der Waals surface area (Å²) >= 11 is 0. The zero-order chi connectivity index (χ0) is 24.1. The smallest absolute Gasteiger partial charge is 0.297 e. The Labute approximate surface area is 187 Å². The number of amides is 2. The molecule has 2 aromatic carbocycles. The SMILES string of the molecule is CC(c1cccc(C(F)(F)CO[Si](C)(C)C(C)(C)C)c1F)N1C(=O)c2ccccc2C1=O. The van der Waals surface area contributed by atoms with Gasteiger partial charge in [-0.15, -0.1) is 0 Å². The first kappa shape index (κ1) is 24.2. The summed E-state index contributed by atoms with van der Waals surface area (Å²) in [6, 6.07) is 8.87. The number of carbonyl (C=O) groups is 2. The number of hydrogen-bond acceptors (Lipinski definition) is 3. The molecule has 2 aromatic rings. The molecule has 0 saturated carbocycles. The van der Waals surface area contributed by atoms with Crippen molar-refractivity contribution in [3.05, 3.63) is 70.5 Å². The Morgan fingerprint density at radius 1 is 0.969 bits per heavy atom. The molecule has 32 heavy (non-hydrogen) atoms. The topological polar surface area (TPSA) is 46.6 Å². The van der Waals surface area contributed by atoms with E-state index in [2.05, 4.69) is 0 Å². The molecule has 1 aliphatic heterocycles. The third kappa shape index (κ3) is 4.13.